The number of nitrogens with one attached hydrogen (secondary N) is 1. The Hall–Kier alpha value is -3.46. The second-order valence-corrected chi connectivity index (χ2v) is 8.63. The number of amides is 1. The molecule has 174 valence electrons. The Kier molecular flexibility index (Phi) is 8.00. The van der Waals surface area contributed by atoms with Gasteiger partial charge in [-0.05, 0) is 49.7 Å². The monoisotopic (exact) mass is 469 g/mol. The molecule has 1 aromatic heterocycles. The average Bonchev–Trinajstić information content (AvgIpc) is 2.83. The number of benzene rings is 2. The fraction of sp³-hybridized carbons (Fsp3) is 0.292. The highest BCUT2D eigenvalue weighted by Crippen LogP contribution is 2.38. The van der Waals surface area contributed by atoms with Crippen LogP contribution in [0.2, 0.25) is 0 Å². The summed E-state index contributed by atoms with van der Waals surface area (Å²) in [6.45, 7) is 4.06. The number of methoxy groups -OCH3 is 3. The molecule has 0 aliphatic carbocycles. The molecule has 0 saturated heterocycles. The van der Waals surface area contributed by atoms with E-state index in [4.69, 9.17) is 14.2 Å². The van der Waals surface area contributed by atoms with Crippen LogP contribution in [0.1, 0.15) is 18.1 Å². The minimum atomic E-state index is -0.427. The summed E-state index contributed by atoms with van der Waals surface area (Å²) in [7, 11) is 4.62. The number of nitrogens with zero attached hydrogens (tertiary/aromatic N) is 2. The number of hydrogen-bond donors (Lipinski definition) is 1. The van der Waals surface area contributed by atoms with Gasteiger partial charge in [0, 0.05) is 12.6 Å². The second kappa shape index (κ2) is 10.9. The van der Waals surface area contributed by atoms with Crippen LogP contribution in [-0.2, 0) is 11.3 Å². The molecule has 0 aliphatic heterocycles. The van der Waals surface area contributed by atoms with Crippen molar-refractivity contribution in [1.29, 1.82) is 0 Å². The van der Waals surface area contributed by atoms with Crippen molar-refractivity contribution in [3.05, 3.63) is 70.0 Å². The van der Waals surface area contributed by atoms with Gasteiger partial charge in [-0.3, -0.25) is 9.59 Å². The number of hydrogen-bond acceptors (Lipinski definition) is 7. The number of aryl methyl sites for hydroxylation is 1. The standard InChI is InChI=1S/C24H27N3O5S/c1-15-6-8-18(9-7-15)27-22(28)11-10-21(26-27)33-16(2)24(29)25-14-17-12-19(30-3)23(32-5)20(13-17)31-4/h6-13,16H,14H2,1-5H3,(H,25,29). The summed E-state index contributed by atoms with van der Waals surface area (Å²) in [6, 6.07) is 14.2. The summed E-state index contributed by atoms with van der Waals surface area (Å²) in [5.74, 6) is 1.37. The molecule has 1 atom stereocenters. The molecule has 9 heteroatoms. The van der Waals surface area contributed by atoms with E-state index in [-0.39, 0.29) is 18.0 Å². The molecule has 1 heterocycles. The van der Waals surface area contributed by atoms with E-state index in [9.17, 15) is 9.59 Å². The first kappa shape index (κ1) is 24.2. The van der Waals surface area contributed by atoms with Crippen molar-refractivity contribution in [1.82, 2.24) is 15.1 Å². The Labute approximate surface area is 196 Å². The fourth-order valence-electron chi connectivity index (χ4n) is 3.13. The van der Waals surface area contributed by atoms with Gasteiger partial charge in [0.05, 0.1) is 32.3 Å². The quantitative estimate of drug-likeness (QED) is 0.481. The smallest absolute Gasteiger partial charge is 0.271 e. The number of carbonyl (C=O) groups excluding carboxylic acids is 1. The van der Waals surface area contributed by atoms with E-state index >= 15 is 0 Å². The number of thioether (sulfide) groups is 1. The molecule has 33 heavy (non-hydrogen) atoms. The lowest BCUT2D eigenvalue weighted by Gasteiger charge is -2.16. The lowest BCUT2D eigenvalue weighted by molar-refractivity contribution is -0.120. The summed E-state index contributed by atoms with van der Waals surface area (Å²) >= 11 is 1.28. The molecule has 1 N–H and O–H groups in total. The molecule has 0 radical (unpaired) electrons. The van der Waals surface area contributed by atoms with Crippen molar-refractivity contribution < 1.29 is 19.0 Å². The minimum Gasteiger partial charge on any atom is -0.493 e. The molecule has 3 rings (SSSR count). The average molecular weight is 470 g/mol. The molecular weight excluding hydrogens is 442 g/mol. The van der Waals surface area contributed by atoms with Crippen LogP contribution in [-0.4, -0.2) is 42.3 Å². The van der Waals surface area contributed by atoms with Gasteiger partial charge >= 0.3 is 0 Å². The van der Waals surface area contributed by atoms with Crippen LogP contribution in [0.5, 0.6) is 17.2 Å². The van der Waals surface area contributed by atoms with Crippen molar-refractivity contribution in [3.8, 4) is 22.9 Å². The van der Waals surface area contributed by atoms with Gasteiger partial charge < -0.3 is 19.5 Å². The maximum Gasteiger partial charge on any atom is 0.271 e. The van der Waals surface area contributed by atoms with Gasteiger partial charge in [0.15, 0.2) is 11.5 Å². The fourth-order valence-corrected chi connectivity index (χ4v) is 3.96. The third-order valence-electron chi connectivity index (χ3n) is 4.91. The van der Waals surface area contributed by atoms with Gasteiger partial charge in [-0.2, -0.15) is 9.78 Å². The molecule has 0 bridgehead atoms. The van der Waals surface area contributed by atoms with Crippen molar-refractivity contribution in [2.45, 2.75) is 30.7 Å². The zero-order valence-electron chi connectivity index (χ0n) is 19.2. The Morgan fingerprint density at radius 3 is 2.24 bits per heavy atom. The number of ether oxygens (including phenoxy) is 3. The summed E-state index contributed by atoms with van der Waals surface area (Å²) in [6.07, 6.45) is 0. The molecule has 1 amide bonds. The van der Waals surface area contributed by atoms with Gasteiger partial charge in [-0.1, -0.05) is 29.5 Å². The van der Waals surface area contributed by atoms with Crippen molar-refractivity contribution in [2.24, 2.45) is 0 Å². The first-order chi connectivity index (χ1) is 15.9. The Morgan fingerprint density at radius 1 is 1.03 bits per heavy atom. The van der Waals surface area contributed by atoms with Crippen LogP contribution >= 0.6 is 11.8 Å². The third kappa shape index (κ3) is 5.87. The molecule has 0 saturated carbocycles. The molecule has 1 unspecified atom stereocenters. The normalized spacial score (nSPS) is 11.5. The SMILES string of the molecule is COc1cc(CNC(=O)C(C)Sc2ccc(=O)n(-c3ccc(C)cc3)n2)cc(OC)c1OC. The lowest BCUT2D eigenvalue weighted by atomic mass is 10.1. The van der Waals surface area contributed by atoms with Crippen LogP contribution in [0.3, 0.4) is 0 Å². The maximum atomic E-state index is 12.7. The molecular formula is C24H27N3O5S. The van der Waals surface area contributed by atoms with E-state index in [1.165, 1.54) is 29.6 Å². The molecule has 0 aliphatic rings. The maximum absolute atomic E-state index is 12.7. The summed E-state index contributed by atoms with van der Waals surface area (Å²) in [4.78, 5) is 25.0. The number of rotatable bonds is 9. The highest BCUT2D eigenvalue weighted by molar-refractivity contribution is 8.00. The summed E-state index contributed by atoms with van der Waals surface area (Å²) < 4.78 is 17.4. The highest BCUT2D eigenvalue weighted by Gasteiger charge is 2.18. The van der Waals surface area contributed by atoms with Crippen molar-refractivity contribution in [2.75, 3.05) is 21.3 Å². The lowest BCUT2D eigenvalue weighted by Crippen LogP contribution is -2.30. The van der Waals surface area contributed by atoms with E-state index in [1.807, 2.05) is 31.2 Å². The molecule has 3 aromatic rings. The highest BCUT2D eigenvalue weighted by atomic mass is 32.2. The van der Waals surface area contributed by atoms with Gasteiger partial charge in [0.25, 0.3) is 5.56 Å². The molecule has 8 nitrogen and oxygen atoms in total. The topological polar surface area (TPSA) is 91.7 Å². The van der Waals surface area contributed by atoms with Crippen molar-refractivity contribution >= 4 is 17.7 Å². The number of aromatic nitrogens is 2. The Morgan fingerprint density at radius 2 is 1.67 bits per heavy atom. The van der Waals surface area contributed by atoms with Crippen molar-refractivity contribution in [3.63, 3.8) is 0 Å². The molecule has 0 spiro atoms. The third-order valence-corrected chi connectivity index (χ3v) is 5.94. The zero-order chi connectivity index (χ0) is 24.0. The van der Waals surface area contributed by atoms with Crippen LogP contribution in [0.4, 0.5) is 0 Å². The van der Waals surface area contributed by atoms with E-state index < -0.39 is 5.25 Å². The van der Waals surface area contributed by atoms with Crippen LogP contribution in [0.25, 0.3) is 5.69 Å². The molecule has 0 fully saturated rings. The van der Waals surface area contributed by atoms with E-state index in [0.29, 0.717) is 28.0 Å². The first-order valence-corrected chi connectivity index (χ1v) is 11.1. The van der Waals surface area contributed by atoms with Crippen LogP contribution in [0.15, 0.2) is 58.4 Å². The van der Waals surface area contributed by atoms with Gasteiger partial charge in [-0.25, -0.2) is 0 Å². The Balaban J connectivity index is 1.69. The van der Waals surface area contributed by atoms with Crippen LogP contribution < -0.4 is 25.1 Å². The van der Waals surface area contributed by atoms with Gasteiger partial charge in [0.2, 0.25) is 11.7 Å². The Bertz CT molecular complexity index is 1150. The van der Waals surface area contributed by atoms with Gasteiger partial charge in [-0.15, -0.1) is 0 Å². The van der Waals surface area contributed by atoms with E-state index in [2.05, 4.69) is 10.4 Å². The summed E-state index contributed by atoms with van der Waals surface area (Å²) in [5, 5.41) is 7.48. The first-order valence-electron chi connectivity index (χ1n) is 10.3. The van der Waals surface area contributed by atoms with E-state index in [1.54, 1.807) is 39.3 Å². The second-order valence-electron chi connectivity index (χ2n) is 7.27. The van der Waals surface area contributed by atoms with E-state index in [0.717, 1.165) is 11.1 Å². The molecule has 2 aromatic carbocycles. The predicted octanol–water partition coefficient (Wildman–Crippen LogP) is 3.36. The van der Waals surface area contributed by atoms with Gasteiger partial charge in [0.1, 0.15) is 5.03 Å². The minimum absolute atomic E-state index is 0.163. The number of carbonyl (C=O) groups is 1. The zero-order valence-corrected chi connectivity index (χ0v) is 20.1. The predicted molar refractivity (Wildman–Crippen MR) is 128 cm³/mol. The largest absolute Gasteiger partial charge is 0.493 e. The van der Waals surface area contributed by atoms with Crippen LogP contribution in [0, 0.1) is 6.92 Å². The summed E-state index contributed by atoms with van der Waals surface area (Å²) in [5.41, 5.74) is 2.34.